The van der Waals surface area contributed by atoms with E-state index in [-0.39, 0.29) is 11.8 Å². The van der Waals surface area contributed by atoms with Crippen molar-refractivity contribution in [2.24, 2.45) is 0 Å². The van der Waals surface area contributed by atoms with Gasteiger partial charge in [-0.15, -0.1) is 0 Å². The maximum atomic E-state index is 10.8. The van der Waals surface area contributed by atoms with E-state index in [1.54, 1.807) is 0 Å². The quantitative estimate of drug-likeness (QED) is 0.522. The molecule has 1 rings (SSSR count). The van der Waals surface area contributed by atoms with Crippen molar-refractivity contribution in [3.63, 3.8) is 0 Å². The van der Waals surface area contributed by atoms with Crippen LogP contribution in [-0.4, -0.2) is 23.0 Å². The Balaban J connectivity index is 2.17. The Kier molecular flexibility index (Phi) is 3.04. The predicted octanol–water partition coefficient (Wildman–Crippen LogP) is 0.270. The lowest BCUT2D eigenvalue weighted by atomic mass is 9.95. The van der Waals surface area contributed by atoms with E-state index in [1.165, 1.54) is 0 Å². The molecule has 0 bridgehead atoms. The van der Waals surface area contributed by atoms with Crippen molar-refractivity contribution in [3.05, 3.63) is 0 Å². The molecule has 1 saturated carbocycles. The van der Waals surface area contributed by atoms with E-state index in [4.69, 9.17) is 5.11 Å². The molecule has 0 atom stereocenters. The highest BCUT2D eigenvalue weighted by molar-refractivity contribution is 5.79. The van der Waals surface area contributed by atoms with Gasteiger partial charge in [0, 0.05) is 18.9 Å². The fraction of sp³-hybridized carbons (Fsp3) is 0.714. The Labute approximate surface area is 70.1 Å². The molecule has 0 aromatic heterocycles. The molecule has 1 fully saturated rings. The van der Waals surface area contributed by atoms with Crippen molar-refractivity contribution in [2.45, 2.75) is 31.7 Å². The minimum absolute atomic E-state index is 0.110. The Morgan fingerprint density at radius 2 is 2.00 bits per heavy atom. The Morgan fingerprint density at radius 1 is 1.42 bits per heavy atom. The molecule has 0 aromatic carbocycles. The molecule has 0 radical (unpaired) electrons. The number of carboxylic acid groups (broad SMARTS) is 1. The van der Waals surface area contributed by atoms with Crippen molar-refractivity contribution in [3.8, 4) is 0 Å². The maximum absolute atomic E-state index is 10.8. The van der Waals surface area contributed by atoms with E-state index in [1.807, 2.05) is 0 Å². The number of hydrogen-bond acceptors (Lipinski definition) is 3. The number of ketones is 1. The van der Waals surface area contributed by atoms with E-state index in [0.717, 1.165) is 12.8 Å². The number of carbonyl (C=O) groups is 2. The van der Waals surface area contributed by atoms with Gasteiger partial charge in [-0.2, -0.15) is 0 Å². The zero-order valence-corrected chi connectivity index (χ0v) is 6.67. The minimum atomic E-state index is -1.09. The van der Waals surface area contributed by atoms with Gasteiger partial charge in [-0.1, -0.05) is 0 Å². The Bertz CT molecular complexity index is 183. The van der Waals surface area contributed by atoms with E-state index < -0.39 is 6.09 Å². The second-order valence-corrected chi connectivity index (χ2v) is 2.89. The molecule has 0 saturated heterocycles. The van der Waals surface area contributed by atoms with Crippen LogP contribution in [0.5, 0.6) is 0 Å². The summed E-state index contributed by atoms with van der Waals surface area (Å²) >= 11 is 0. The predicted molar refractivity (Wildman–Crippen MR) is 41.6 cm³/mol. The van der Waals surface area contributed by atoms with E-state index in [0.29, 0.717) is 12.8 Å². The van der Waals surface area contributed by atoms with Crippen molar-refractivity contribution in [2.75, 3.05) is 0 Å². The van der Waals surface area contributed by atoms with Crippen LogP contribution in [0.1, 0.15) is 25.7 Å². The maximum Gasteiger partial charge on any atom is 0.419 e. The summed E-state index contributed by atoms with van der Waals surface area (Å²) in [6, 6.07) is 0.110. The molecule has 68 valence electrons. The molecular formula is C7H12N2O3. The topological polar surface area (TPSA) is 78.4 Å². The van der Waals surface area contributed by atoms with E-state index >= 15 is 0 Å². The van der Waals surface area contributed by atoms with Crippen LogP contribution in [0.4, 0.5) is 4.79 Å². The highest BCUT2D eigenvalue weighted by atomic mass is 16.4. The van der Waals surface area contributed by atoms with Crippen LogP contribution in [0.25, 0.3) is 0 Å². The number of Topliss-reactive ketones (excluding diaryl/α,β-unsaturated/α-hetero) is 1. The van der Waals surface area contributed by atoms with E-state index in [2.05, 4.69) is 10.9 Å². The van der Waals surface area contributed by atoms with Crippen molar-refractivity contribution in [1.82, 2.24) is 10.9 Å². The van der Waals surface area contributed by atoms with Crippen LogP contribution in [-0.2, 0) is 4.79 Å². The molecule has 0 aliphatic heterocycles. The van der Waals surface area contributed by atoms with Crippen LogP contribution in [0.2, 0.25) is 0 Å². The van der Waals surface area contributed by atoms with Gasteiger partial charge in [0.25, 0.3) is 0 Å². The van der Waals surface area contributed by atoms with Crippen LogP contribution < -0.4 is 10.9 Å². The number of rotatable bonds is 2. The average Bonchev–Trinajstić information content (AvgIpc) is 2.03. The number of carbonyl (C=O) groups excluding carboxylic acids is 1. The lowest BCUT2D eigenvalue weighted by Gasteiger charge is -2.21. The Hall–Kier alpha value is -1.10. The molecule has 0 aromatic rings. The van der Waals surface area contributed by atoms with Crippen molar-refractivity contribution in [1.29, 1.82) is 0 Å². The lowest BCUT2D eigenvalue weighted by molar-refractivity contribution is -0.120. The number of amides is 1. The second kappa shape index (κ2) is 4.06. The molecule has 3 N–H and O–H groups in total. The number of hydrogen-bond donors (Lipinski definition) is 3. The fourth-order valence-corrected chi connectivity index (χ4v) is 1.25. The first-order valence-corrected chi connectivity index (χ1v) is 3.94. The third kappa shape index (κ3) is 2.87. The van der Waals surface area contributed by atoms with Gasteiger partial charge in [0.05, 0.1) is 0 Å². The molecule has 0 unspecified atom stereocenters. The van der Waals surface area contributed by atoms with Crippen LogP contribution in [0.15, 0.2) is 0 Å². The summed E-state index contributed by atoms with van der Waals surface area (Å²) < 4.78 is 0. The molecule has 5 nitrogen and oxygen atoms in total. The highest BCUT2D eigenvalue weighted by Gasteiger charge is 2.18. The molecule has 1 aliphatic rings. The van der Waals surface area contributed by atoms with Crippen LogP contribution in [0, 0.1) is 0 Å². The second-order valence-electron chi connectivity index (χ2n) is 2.89. The summed E-state index contributed by atoms with van der Waals surface area (Å²) in [5.74, 6) is 0.267. The zero-order chi connectivity index (χ0) is 8.97. The third-order valence-corrected chi connectivity index (χ3v) is 1.93. The van der Waals surface area contributed by atoms with Gasteiger partial charge in [-0.05, 0) is 12.8 Å². The summed E-state index contributed by atoms with van der Waals surface area (Å²) in [5, 5.41) is 8.26. The molecular weight excluding hydrogens is 160 g/mol. The van der Waals surface area contributed by atoms with Crippen molar-refractivity contribution >= 4 is 11.9 Å². The number of hydrazine groups is 1. The van der Waals surface area contributed by atoms with Crippen LogP contribution in [0.3, 0.4) is 0 Å². The van der Waals surface area contributed by atoms with Gasteiger partial charge in [0.2, 0.25) is 0 Å². The van der Waals surface area contributed by atoms with Gasteiger partial charge in [0.1, 0.15) is 5.78 Å². The SMILES string of the molecule is O=C1CCC(NNC(=O)O)CC1. The summed E-state index contributed by atoms with van der Waals surface area (Å²) in [6.07, 6.45) is 1.46. The van der Waals surface area contributed by atoms with Gasteiger partial charge < -0.3 is 5.11 Å². The summed E-state index contributed by atoms with van der Waals surface area (Å²) in [4.78, 5) is 20.8. The molecule has 5 heteroatoms. The molecule has 0 spiro atoms. The largest absolute Gasteiger partial charge is 0.464 e. The monoisotopic (exact) mass is 172 g/mol. The smallest absolute Gasteiger partial charge is 0.419 e. The first-order chi connectivity index (χ1) is 5.68. The molecule has 1 aliphatic carbocycles. The fourth-order valence-electron chi connectivity index (χ4n) is 1.25. The highest BCUT2D eigenvalue weighted by Crippen LogP contribution is 2.13. The van der Waals surface area contributed by atoms with Gasteiger partial charge in [0.15, 0.2) is 0 Å². The van der Waals surface area contributed by atoms with Gasteiger partial charge in [-0.25, -0.2) is 10.2 Å². The van der Waals surface area contributed by atoms with Gasteiger partial charge in [-0.3, -0.25) is 10.2 Å². The first kappa shape index (κ1) is 8.99. The summed E-state index contributed by atoms with van der Waals surface area (Å²) in [7, 11) is 0. The van der Waals surface area contributed by atoms with Crippen LogP contribution >= 0.6 is 0 Å². The van der Waals surface area contributed by atoms with E-state index in [9.17, 15) is 9.59 Å². The number of nitrogens with one attached hydrogen (secondary N) is 2. The first-order valence-electron chi connectivity index (χ1n) is 3.94. The third-order valence-electron chi connectivity index (χ3n) is 1.93. The summed E-state index contributed by atoms with van der Waals surface area (Å²) in [5.41, 5.74) is 4.73. The van der Waals surface area contributed by atoms with Crippen molar-refractivity contribution < 1.29 is 14.7 Å². The Morgan fingerprint density at radius 3 is 2.50 bits per heavy atom. The molecule has 0 heterocycles. The summed E-state index contributed by atoms with van der Waals surface area (Å²) in [6.45, 7) is 0. The molecule has 12 heavy (non-hydrogen) atoms. The normalized spacial score (nSPS) is 19.2. The minimum Gasteiger partial charge on any atom is -0.464 e. The zero-order valence-electron chi connectivity index (χ0n) is 6.67. The standard InChI is InChI=1S/C7H12N2O3/c10-6-3-1-5(2-4-6)8-9-7(11)12/h5,8-9H,1-4H2,(H,11,12). The van der Waals surface area contributed by atoms with Gasteiger partial charge >= 0.3 is 6.09 Å². The molecule has 1 amide bonds. The lowest BCUT2D eigenvalue weighted by Crippen LogP contribution is -2.45. The average molecular weight is 172 g/mol.